The zero-order valence-electron chi connectivity index (χ0n) is 12.6. The minimum Gasteiger partial charge on any atom is -0.480 e. The molecule has 0 spiro atoms. The summed E-state index contributed by atoms with van der Waals surface area (Å²) in [5, 5.41) is 3.21. The molecular weight excluding hydrogens is 259 g/mol. The van der Waals surface area contributed by atoms with Gasteiger partial charge in [0.05, 0.1) is 0 Å². The zero-order chi connectivity index (χ0) is 15.1. The first-order valence-corrected chi connectivity index (χ1v) is 6.83. The number of halogens is 1. The fourth-order valence-corrected chi connectivity index (χ4v) is 1.59. The van der Waals surface area contributed by atoms with Crippen LogP contribution in [0.4, 0.5) is 4.39 Å². The lowest BCUT2D eigenvalue weighted by Gasteiger charge is -2.17. The highest BCUT2D eigenvalue weighted by Gasteiger charge is 2.13. The van der Waals surface area contributed by atoms with Gasteiger partial charge in [-0.2, -0.15) is 0 Å². The van der Waals surface area contributed by atoms with Crippen molar-refractivity contribution in [3.05, 3.63) is 29.6 Å². The van der Waals surface area contributed by atoms with E-state index in [2.05, 4.69) is 5.32 Å². The minimum absolute atomic E-state index is 0.151. The lowest BCUT2D eigenvalue weighted by Crippen LogP contribution is -2.31. The minimum atomic E-state index is -0.444. The average molecular weight is 282 g/mol. The Morgan fingerprint density at radius 3 is 2.75 bits per heavy atom. The number of nitrogens with one attached hydrogen (secondary N) is 1. The number of para-hydroxylation sites is 1. The molecule has 1 aromatic rings. The van der Waals surface area contributed by atoms with Gasteiger partial charge in [0.15, 0.2) is 18.2 Å². The van der Waals surface area contributed by atoms with E-state index in [4.69, 9.17) is 4.74 Å². The van der Waals surface area contributed by atoms with Gasteiger partial charge in [-0.3, -0.25) is 4.79 Å². The second-order valence-electron chi connectivity index (χ2n) is 4.96. The summed E-state index contributed by atoms with van der Waals surface area (Å²) in [4.78, 5) is 13.2. The molecule has 0 aliphatic rings. The van der Waals surface area contributed by atoms with Crippen molar-refractivity contribution in [1.82, 2.24) is 10.2 Å². The molecule has 0 bridgehead atoms. The molecule has 20 heavy (non-hydrogen) atoms. The van der Waals surface area contributed by atoms with E-state index in [-0.39, 0.29) is 18.3 Å². The highest BCUT2D eigenvalue weighted by molar-refractivity contribution is 5.77. The van der Waals surface area contributed by atoms with Gasteiger partial charge in [-0.15, -0.1) is 0 Å². The normalized spacial score (nSPS) is 10.7. The first kappa shape index (κ1) is 16.4. The molecule has 5 heteroatoms. The van der Waals surface area contributed by atoms with Crippen LogP contribution in [0.3, 0.4) is 0 Å². The van der Waals surface area contributed by atoms with E-state index in [1.807, 2.05) is 20.8 Å². The number of ether oxygens (including phenoxy) is 1. The number of likely N-dealkylation sites (N-methyl/N-ethyl adjacent to an activating group) is 1. The Morgan fingerprint density at radius 1 is 1.45 bits per heavy atom. The predicted molar refractivity (Wildman–Crippen MR) is 77.2 cm³/mol. The largest absolute Gasteiger partial charge is 0.480 e. The molecule has 1 amide bonds. The van der Waals surface area contributed by atoms with Gasteiger partial charge < -0.3 is 15.0 Å². The molecule has 1 aromatic carbocycles. The molecule has 0 unspecified atom stereocenters. The van der Waals surface area contributed by atoms with Crippen LogP contribution in [0.2, 0.25) is 0 Å². The molecule has 4 nitrogen and oxygen atoms in total. The van der Waals surface area contributed by atoms with Crippen LogP contribution in [0, 0.1) is 5.82 Å². The van der Waals surface area contributed by atoms with Crippen LogP contribution < -0.4 is 10.1 Å². The van der Waals surface area contributed by atoms with Gasteiger partial charge in [-0.1, -0.05) is 26.0 Å². The number of hydrogen-bond acceptors (Lipinski definition) is 3. The van der Waals surface area contributed by atoms with E-state index in [1.165, 1.54) is 11.0 Å². The van der Waals surface area contributed by atoms with Crippen molar-refractivity contribution < 1.29 is 13.9 Å². The van der Waals surface area contributed by atoms with Crippen molar-refractivity contribution in [2.24, 2.45) is 0 Å². The summed E-state index contributed by atoms with van der Waals surface area (Å²) in [5.41, 5.74) is 0.714. The highest BCUT2D eigenvalue weighted by Crippen LogP contribution is 2.22. The molecule has 1 rings (SSSR count). The van der Waals surface area contributed by atoms with Gasteiger partial charge >= 0.3 is 0 Å². The van der Waals surface area contributed by atoms with Crippen molar-refractivity contribution in [3.8, 4) is 5.75 Å². The van der Waals surface area contributed by atoms with Crippen LogP contribution in [0.1, 0.15) is 26.3 Å². The summed E-state index contributed by atoms with van der Waals surface area (Å²) in [5.74, 6) is -0.461. The molecule has 112 valence electrons. The molecule has 0 fully saturated rings. The summed E-state index contributed by atoms with van der Waals surface area (Å²) in [6.45, 7) is 6.85. The number of carbonyl (C=O) groups excluding carboxylic acids is 1. The lowest BCUT2D eigenvalue weighted by molar-refractivity contribution is -0.131. The van der Waals surface area contributed by atoms with E-state index in [0.29, 0.717) is 24.7 Å². The Bertz CT molecular complexity index is 449. The average Bonchev–Trinajstić information content (AvgIpc) is 2.42. The number of benzene rings is 1. The third-order valence-electron chi connectivity index (χ3n) is 2.99. The second-order valence-corrected chi connectivity index (χ2v) is 4.96. The Morgan fingerprint density at radius 2 is 2.15 bits per heavy atom. The van der Waals surface area contributed by atoms with Gasteiger partial charge in [0, 0.05) is 31.7 Å². The summed E-state index contributed by atoms with van der Waals surface area (Å²) >= 11 is 0. The third-order valence-corrected chi connectivity index (χ3v) is 2.99. The molecule has 0 aromatic heterocycles. The molecule has 0 aliphatic heterocycles. The highest BCUT2D eigenvalue weighted by atomic mass is 19.1. The maximum Gasteiger partial charge on any atom is 0.260 e. The van der Waals surface area contributed by atoms with Gasteiger partial charge in [-0.05, 0) is 13.0 Å². The van der Waals surface area contributed by atoms with Crippen molar-refractivity contribution in [2.45, 2.75) is 33.4 Å². The fraction of sp³-hybridized carbons (Fsp3) is 0.533. The van der Waals surface area contributed by atoms with Crippen LogP contribution >= 0.6 is 0 Å². The van der Waals surface area contributed by atoms with Crippen molar-refractivity contribution in [2.75, 3.05) is 20.2 Å². The first-order chi connectivity index (χ1) is 9.45. The zero-order valence-corrected chi connectivity index (χ0v) is 12.6. The van der Waals surface area contributed by atoms with E-state index in [9.17, 15) is 9.18 Å². The fourth-order valence-electron chi connectivity index (χ4n) is 1.59. The topological polar surface area (TPSA) is 41.6 Å². The monoisotopic (exact) mass is 282 g/mol. The van der Waals surface area contributed by atoms with E-state index >= 15 is 0 Å². The molecule has 1 N–H and O–H groups in total. The standard InChI is InChI=1S/C15H23FN2O2/c1-5-18(4)14(19)10-20-15-12(9-17-11(2)3)7-6-8-13(15)16/h6-8,11,17H,5,9-10H2,1-4H3. The van der Waals surface area contributed by atoms with Gasteiger partial charge in [0.2, 0.25) is 0 Å². The van der Waals surface area contributed by atoms with Crippen LogP contribution in [0.15, 0.2) is 18.2 Å². The number of rotatable bonds is 7. The van der Waals surface area contributed by atoms with Crippen LogP contribution in [0.5, 0.6) is 5.75 Å². The second kappa shape index (κ2) is 7.85. The summed E-state index contributed by atoms with van der Waals surface area (Å²) in [6, 6.07) is 5.06. The van der Waals surface area contributed by atoms with E-state index < -0.39 is 5.82 Å². The lowest BCUT2D eigenvalue weighted by atomic mass is 10.2. The molecular formula is C15H23FN2O2. The molecule has 0 heterocycles. The predicted octanol–water partition coefficient (Wildman–Crippen LogP) is 2.18. The molecule has 0 saturated heterocycles. The molecule has 0 saturated carbocycles. The van der Waals surface area contributed by atoms with E-state index in [0.717, 1.165) is 0 Å². The quantitative estimate of drug-likeness (QED) is 0.833. The number of carbonyl (C=O) groups is 1. The van der Waals surface area contributed by atoms with Gasteiger partial charge in [0.1, 0.15) is 0 Å². The van der Waals surface area contributed by atoms with Crippen LogP contribution in [0.25, 0.3) is 0 Å². The van der Waals surface area contributed by atoms with E-state index in [1.54, 1.807) is 19.2 Å². The number of amides is 1. The Kier molecular flexibility index (Phi) is 6.45. The van der Waals surface area contributed by atoms with Gasteiger partial charge in [0.25, 0.3) is 5.91 Å². The number of nitrogens with zero attached hydrogens (tertiary/aromatic N) is 1. The molecule has 0 radical (unpaired) electrons. The maximum atomic E-state index is 13.8. The SMILES string of the molecule is CCN(C)C(=O)COc1c(F)cccc1CNC(C)C. The van der Waals surface area contributed by atoms with Crippen molar-refractivity contribution in [1.29, 1.82) is 0 Å². The molecule has 0 aliphatic carbocycles. The summed E-state index contributed by atoms with van der Waals surface area (Å²) in [7, 11) is 1.69. The van der Waals surface area contributed by atoms with Gasteiger partial charge in [-0.25, -0.2) is 4.39 Å². The van der Waals surface area contributed by atoms with Crippen LogP contribution in [-0.4, -0.2) is 37.0 Å². The Balaban J connectivity index is 2.74. The smallest absolute Gasteiger partial charge is 0.260 e. The van der Waals surface area contributed by atoms with Crippen LogP contribution in [-0.2, 0) is 11.3 Å². The van der Waals surface area contributed by atoms with Crippen molar-refractivity contribution in [3.63, 3.8) is 0 Å². The first-order valence-electron chi connectivity index (χ1n) is 6.83. The summed E-state index contributed by atoms with van der Waals surface area (Å²) in [6.07, 6.45) is 0. The Hall–Kier alpha value is -1.62. The molecule has 0 atom stereocenters. The van der Waals surface area contributed by atoms with Crippen molar-refractivity contribution >= 4 is 5.91 Å². The Labute approximate surface area is 119 Å². The third kappa shape index (κ3) is 4.81. The number of hydrogen-bond donors (Lipinski definition) is 1. The summed E-state index contributed by atoms with van der Waals surface area (Å²) < 4.78 is 19.2. The maximum absolute atomic E-state index is 13.8.